The van der Waals surface area contributed by atoms with Crippen LogP contribution in [0, 0.1) is 12.8 Å². The van der Waals surface area contributed by atoms with Gasteiger partial charge in [-0.25, -0.2) is 13.0 Å². The summed E-state index contributed by atoms with van der Waals surface area (Å²) in [6.07, 6.45) is 9.72. The maximum absolute atomic E-state index is 9.08. The van der Waals surface area contributed by atoms with Crippen LogP contribution in [-0.4, -0.2) is 38.2 Å². The molecular formula is C16H25NO5S. The number of ether oxygens (including phenoxy) is 2. The first-order valence-corrected chi connectivity index (χ1v) is 9.75. The summed E-state index contributed by atoms with van der Waals surface area (Å²) in [5.74, 6) is 0.206. The molecule has 0 N–H and O–H groups in total. The molecule has 2 heterocycles. The highest BCUT2D eigenvalue weighted by Crippen LogP contribution is 2.40. The summed E-state index contributed by atoms with van der Waals surface area (Å²) in [5.41, 5.74) is 1.30. The standard InChI is InChI=1S/C15H22NO2.CH4O3S/c1-13-5-8-16(9-6-13)12-14-4-2-3-7-15(14)17-10-11-18-15;1-5(2,3)4/h5-6,8-9,14H,2-4,7,10-12H2,1H3;1H3,(H,2,3,4)/q+1;/p-1. The van der Waals surface area contributed by atoms with Crippen LogP contribution in [-0.2, 0) is 26.1 Å². The zero-order chi connectivity index (χ0) is 16.9. The number of aryl methyl sites for hydroxylation is 1. The molecule has 130 valence electrons. The SMILES string of the molecule is CS(=O)(=O)[O-].Cc1cc[n+](CC2CCCCC23OCCO3)cc1. The molecule has 1 unspecified atom stereocenters. The van der Waals surface area contributed by atoms with Crippen molar-refractivity contribution in [3.05, 3.63) is 30.1 Å². The molecule has 2 fully saturated rings. The first-order chi connectivity index (χ1) is 10.8. The van der Waals surface area contributed by atoms with Crippen LogP contribution in [0.3, 0.4) is 0 Å². The predicted octanol–water partition coefficient (Wildman–Crippen LogP) is 1.38. The Balaban J connectivity index is 0.000000338. The maximum atomic E-state index is 9.08. The highest BCUT2D eigenvalue weighted by Gasteiger charge is 2.47. The fraction of sp³-hybridized carbons (Fsp3) is 0.688. The van der Waals surface area contributed by atoms with Crippen LogP contribution in [0.5, 0.6) is 0 Å². The van der Waals surface area contributed by atoms with Crippen molar-refractivity contribution in [3.8, 4) is 0 Å². The van der Waals surface area contributed by atoms with Gasteiger partial charge < -0.3 is 14.0 Å². The van der Waals surface area contributed by atoms with Gasteiger partial charge >= 0.3 is 0 Å². The molecule has 7 heteroatoms. The molecule has 1 saturated heterocycles. The van der Waals surface area contributed by atoms with Gasteiger partial charge in [0.15, 0.2) is 24.7 Å². The predicted molar refractivity (Wildman–Crippen MR) is 83.6 cm³/mol. The van der Waals surface area contributed by atoms with Crippen molar-refractivity contribution in [3.63, 3.8) is 0 Å². The highest BCUT2D eigenvalue weighted by atomic mass is 32.2. The van der Waals surface area contributed by atoms with Crippen LogP contribution < -0.4 is 4.57 Å². The maximum Gasteiger partial charge on any atom is 0.177 e. The van der Waals surface area contributed by atoms with Crippen LogP contribution in [0.2, 0.25) is 0 Å². The van der Waals surface area contributed by atoms with Crippen molar-refractivity contribution >= 4 is 10.1 Å². The number of hydrogen-bond donors (Lipinski definition) is 0. The molecule has 1 spiro atoms. The highest BCUT2D eigenvalue weighted by molar-refractivity contribution is 7.84. The van der Waals surface area contributed by atoms with Gasteiger partial charge in [0.05, 0.1) is 29.2 Å². The fourth-order valence-corrected chi connectivity index (χ4v) is 3.18. The lowest BCUT2D eigenvalue weighted by Crippen LogP contribution is -2.49. The van der Waals surface area contributed by atoms with Gasteiger partial charge in [-0.1, -0.05) is 6.42 Å². The number of nitrogens with zero attached hydrogens (tertiary/aromatic N) is 1. The topological polar surface area (TPSA) is 79.5 Å². The van der Waals surface area contributed by atoms with E-state index in [4.69, 9.17) is 22.4 Å². The van der Waals surface area contributed by atoms with Crippen LogP contribution in [0.25, 0.3) is 0 Å². The molecule has 1 aromatic rings. The molecule has 0 amide bonds. The summed E-state index contributed by atoms with van der Waals surface area (Å²) < 4.78 is 41.4. The third-order valence-corrected chi connectivity index (χ3v) is 4.21. The number of hydrogen-bond acceptors (Lipinski definition) is 5. The molecule has 6 nitrogen and oxygen atoms in total. The molecule has 1 aromatic heterocycles. The molecule has 2 aliphatic rings. The number of pyridine rings is 1. The van der Waals surface area contributed by atoms with Gasteiger partial charge in [-0.3, -0.25) is 0 Å². The van der Waals surface area contributed by atoms with E-state index in [1.54, 1.807) is 0 Å². The molecule has 1 atom stereocenters. The Morgan fingerprint density at radius 1 is 1.26 bits per heavy atom. The van der Waals surface area contributed by atoms with Crippen LogP contribution in [0.4, 0.5) is 0 Å². The number of aromatic nitrogens is 1. The van der Waals surface area contributed by atoms with Gasteiger partial charge in [0.25, 0.3) is 0 Å². The Labute approximate surface area is 138 Å². The quantitative estimate of drug-likeness (QED) is 0.599. The Hall–Kier alpha value is -1.02. The summed E-state index contributed by atoms with van der Waals surface area (Å²) in [7, 11) is -3.92. The largest absolute Gasteiger partial charge is 0.748 e. The fourth-order valence-electron chi connectivity index (χ4n) is 3.18. The van der Waals surface area contributed by atoms with Crippen molar-refractivity contribution < 1.29 is 27.0 Å². The lowest BCUT2D eigenvalue weighted by atomic mass is 9.83. The third kappa shape index (κ3) is 5.84. The smallest absolute Gasteiger partial charge is 0.177 e. The Kier molecular flexibility index (Phi) is 6.13. The van der Waals surface area contributed by atoms with Crippen LogP contribution in [0.1, 0.15) is 31.2 Å². The summed E-state index contributed by atoms with van der Waals surface area (Å²) in [6.45, 7) is 4.64. The van der Waals surface area contributed by atoms with Gasteiger partial charge in [-0.05, 0) is 25.3 Å². The number of rotatable bonds is 2. The van der Waals surface area contributed by atoms with Crippen molar-refractivity contribution in [1.29, 1.82) is 0 Å². The van der Waals surface area contributed by atoms with E-state index in [0.717, 1.165) is 26.2 Å². The van der Waals surface area contributed by atoms with E-state index in [-0.39, 0.29) is 5.79 Å². The van der Waals surface area contributed by atoms with E-state index >= 15 is 0 Å². The zero-order valence-electron chi connectivity index (χ0n) is 13.7. The van der Waals surface area contributed by atoms with Crippen LogP contribution in [0.15, 0.2) is 24.5 Å². The van der Waals surface area contributed by atoms with Gasteiger partial charge in [0.2, 0.25) is 0 Å². The van der Waals surface area contributed by atoms with E-state index in [0.29, 0.717) is 12.2 Å². The molecule has 1 aliphatic heterocycles. The summed E-state index contributed by atoms with van der Waals surface area (Å²) >= 11 is 0. The van der Waals surface area contributed by atoms with E-state index in [1.165, 1.54) is 24.8 Å². The molecule has 0 aromatic carbocycles. The minimum absolute atomic E-state index is 0.282. The second-order valence-corrected chi connectivity index (χ2v) is 7.64. The third-order valence-electron chi connectivity index (χ3n) is 4.21. The zero-order valence-corrected chi connectivity index (χ0v) is 14.5. The molecule has 1 aliphatic carbocycles. The van der Waals surface area contributed by atoms with E-state index < -0.39 is 10.1 Å². The molecule has 23 heavy (non-hydrogen) atoms. The first-order valence-electron chi connectivity index (χ1n) is 7.93. The van der Waals surface area contributed by atoms with Gasteiger partial charge in [0, 0.05) is 24.8 Å². The lowest BCUT2D eigenvalue weighted by Gasteiger charge is -2.37. The minimum Gasteiger partial charge on any atom is -0.748 e. The normalized spacial score (nSPS) is 23.3. The van der Waals surface area contributed by atoms with Crippen molar-refractivity contribution in [2.75, 3.05) is 19.5 Å². The minimum atomic E-state index is -3.92. The van der Waals surface area contributed by atoms with Gasteiger partial charge in [-0.15, -0.1) is 0 Å². The molecule has 3 rings (SSSR count). The average molecular weight is 343 g/mol. The molecule has 1 saturated carbocycles. The molecule has 0 radical (unpaired) electrons. The van der Waals surface area contributed by atoms with Crippen molar-refractivity contribution in [1.82, 2.24) is 0 Å². The average Bonchev–Trinajstić information content (AvgIpc) is 2.91. The van der Waals surface area contributed by atoms with Crippen LogP contribution >= 0.6 is 0 Å². The van der Waals surface area contributed by atoms with E-state index in [2.05, 4.69) is 36.0 Å². The monoisotopic (exact) mass is 343 g/mol. The Bertz CT molecular complexity index is 585. The van der Waals surface area contributed by atoms with Gasteiger partial charge in [0.1, 0.15) is 0 Å². The summed E-state index contributed by atoms with van der Waals surface area (Å²) in [4.78, 5) is 0. The van der Waals surface area contributed by atoms with Gasteiger partial charge in [-0.2, -0.15) is 0 Å². The van der Waals surface area contributed by atoms with Crippen molar-refractivity contribution in [2.45, 2.75) is 44.9 Å². The second kappa shape index (κ2) is 7.70. The first kappa shape index (κ1) is 18.3. The molecular weight excluding hydrogens is 318 g/mol. The summed E-state index contributed by atoms with van der Waals surface area (Å²) in [6, 6.07) is 4.32. The molecule has 0 bridgehead atoms. The Morgan fingerprint density at radius 3 is 2.39 bits per heavy atom. The summed E-state index contributed by atoms with van der Waals surface area (Å²) in [5, 5.41) is 0. The van der Waals surface area contributed by atoms with Crippen molar-refractivity contribution in [2.24, 2.45) is 5.92 Å². The van der Waals surface area contributed by atoms with E-state index in [9.17, 15) is 0 Å². The lowest BCUT2D eigenvalue weighted by molar-refractivity contribution is -0.707. The second-order valence-electron chi connectivity index (χ2n) is 6.23. The van der Waals surface area contributed by atoms with E-state index in [1.807, 2.05) is 0 Å². The Morgan fingerprint density at radius 2 is 1.83 bits per heavy atom.